The summed E-state index contributed by atoms with van der Waals surface area (Å²) in [5, 5.41) is 16.5. The fraction of sp³-hybridized carbons (Fsp3) is 0.417. The van der Waals surface area contributed by atoms with Gasteiger partial charge in [0.25, 0.3) is 0 Å². The highest BCUT2D eigenvalue weighted by Crippen LogP contribution is 2.21. The first kappa shape index (κ1) is 16.4. The second-order valence-electron chi connectivity index (χ2n) is 4.78. The monoisotopic (exact) mass is 304 g/mol. The van der Waals surface area contributed by atoms with Crippen molar-refractivity contribution >= 4 is 21.7 Å². The molecule has 0 amide bonds. The third-order valence-electron chi connectivity index (χ3n) is 2.81. The largest absolute Gasteiger partial charge is 0.481 e. The molecule has 0 aliphatic rings. The fourth-order valence-electron chi connectivity index (χ4n) is 1.63. The third-order valence-corrected chi connectivity index (χ3v) is 3.72. The van der Waals surface area contributed by atoms with E-state index >= 15 is 0 Å². The van der Waals surface area contributed by atoms with Crippen LogP contribution in [0.15, 0.2) is 23.1 Å². The smallest absolute Gasteiger partial charge is 0.305 e. The maximum atomic E-state index is 13.8. The van der Waals surface area contributed by atoms with Gasteiger partial charge in [-0.3, -0.25) is 4.79 Å². The molecule has 4 N–H and O–H groups in total. The number of carboxylic acid groups (broad SMARTS) is 1. The first-order valence-corrected chi connectivity index (χ1v) is 7.46. The van der Waals surface area contributed by atoms with Crippen molar-refractivity contribution in [1.29, 1.82) is 0 Å². The Morgan fingerprint density at radius 3 is 2.45 bits per heavy atom. The number of halogens is 1. The van der Waals surface area contributed by atoms with Gasteiger partial charge in [0, 0.05) is 6.04 Å². The molecule has 1 aromatic rings. The SMILES string of the molecule is CC(C)C(CC(=O)O)Nc1ccc(S(N)(=O)=O)cc1F. The minimum Gasteiger partial charge on any atom is -0.481 e. The summed E-state index contributed by atoms with van der Waals surface area (Å²) in [6.45, 7) is 3.61. The van der Waals surface area contributed by atoms with Crippen molar-refractivity contribution in [1.82, 2.24) is 0 Å². The van der Waals surface area contributed by atoms with Gasteiger partial charge in [-0.15, -0.1) is 0 Å². The van der Waals surface area contributed by atoms with E-state index in [-0.39, 0.29) is 22.9 Å². The lowest BCUT2D eigenvalue weighted by Gasteiger charge is -2.22. The van der Waals surface area contributed by atoms with E-state index in [1.54, 1.807) is 13.8 Å². The van der Waals surface area contributed by atoms with Gasteiger partial charge in [0.15, 0.2) is 0 Å². The number of aliphatic carboxylic acids is 1. The summed E-state index contributed by atoms with van der Waals surface area (Å²) in [7, 11) is -3.97. The Labute approximate surface area is 116 Å². The Morgan fingerprint density at radius 1 is 1.45 bits per heavy atom. The van der Waals surface area contributed by atoms with Crippen molar-refractivity contribution in [2.75, 3.05) is 5.32 Å². The van der Waals surface area contributed by atoms with E-state index < -0.39 is 27.9 Å². The van der Waals surface area contributed by atoms with Gasteiger partial charge in [-0.1, -0.05) is 13.8 Å². The Morgan fingerprint density at radius 2 is 2.05 bits per heavy atom. The zero-order valence-electron chi connectivity index (χ0n) is 11.1. The summed E-state index contributed by atoms with van der Waals surface area (Å²) in [6, 6.07) is 2.73. The van der Waals surface area contributed by atoms with Crippen LogP contribution >= 0.6 is 0 Å². The van der Waals surface area contributed by atoms with Crippen LogP contribution < -0.4 is 10.5 Å². The normalized spacial score (nSPS) is 13.2. The highest BCUT2D eigenvalue weighted by atomic mass is 32.2. The maximum Gasteiger partial charge on any atom is 0.305 e. The molecule has 1 rings (SSSR count). The predicted molar refractivity (Wildman–Crippen MR) is 72.3 cm³/mol. The molecular weight excluding hydrogens is 287 g/mol. The number of sulfonamides is 1. The zero-order chi connectivity index (χ0) is 15.5. The summed E-state index contributed by atoms with van der Waals surface area (Å²) in [6.07, 6.45) is -0.173. The van der Waals surface area contributed by atoms with Gasteiger partial charge in [-0.2, -0.15) is 0 Å². The molecule has 0 radical (unpaired) electrons. The summed E-state index contributed by atoms with van der Waals surface area (Å²) < 4.78 is 36.0. The highest BCUT2D eigenvalue weighted by molar-refractivity contribution is 7.89. The average molecular weight is 304 g/mol. The molecule has 0 saturated heterocycles. The van der Waals surface area contributed by atoms with E-state index in [2.05, 4.69) is 5.32 Å². The van der Waals surface area contributed by atoms with Gasteiger partial charge >= 0.3 is 5.97 Å². The fourth-order valence-corrected chi connectivity index (χ4v) is 2.16. The molecule has 0 bridgehead atoms. The van der Waals surface area contributed by atoms with Crippen LogP contribution in [0.2, 0.25) is 0 Å². The molecule has 1 unspecified atom stereocenters. The average Bonchev–Trinajstić information content (AvgIpc) is 2.28. The molecule has 1 aromatic carbocycles. The molecule has 0 aliphatic carbocycles. The molecule has 0 fully saturated rings. The molecule has 20 heavy (non-hydrogen) atoms. The van der Waals surface area contributed by atoms with Crippen LogP contribution in [0.4, 0.5) is 10.1 Å². The minimum absolute atomic E-state index is 0.0385. The molecule has 8 heteroatoms. The van der Waals surface area contributed by atoms with E-state index in [9.17, 15) is 17.6 Å². The molecule has 0 heterocycles. The van der Waals surface area contributed by atoms with Crippen molar-refractivity contribution in [2.45, 2.75) is 31.2 Å². The van der Waals surface area contributed by atoms with E-state index in [0.717, 1.165) is 6.07 Å². The van der Waals surface area contributed by atoms with Crippen molar-refractivity contribution in [2.24, 2.45) is 11.1 Å². The van der Waals surface area contributed by atoms with Crippen molar-refractivity contribution in [3.05, 3.63) is 24.0 Å². The van der Waals surface area contributed by atoms with Gasteiger partial charge in [0.05, 0.1) is 17.0 Å². The molecule has 0 aromatic heterocycles. The van der Waals surface area contributed by atoms with Crippen molar-refractivity contribution < 1.29 is 22.7 Å². The number of hydrogen-bond donors (Lipinski definition) is 3. The lowest BCUT2D eigenvalue weighted by atomic mass is 10.0. The minimum atomic E-state index is -3.97. The van der Waals surface area contributed by atoms with Crippen LogP contribution in [0.25, 0.3) is 0 Å². The molecule has 6 nitrogen and oxygen atoms in total. The number of primary sulfonamides is 1. The summed E-state index contributed by atoms with van der Waals surface area (Å²) in [5.74, 6) is -1.84. The Hall–Kier alpha value is -1.67. The number of rotatable bonds is 6. The zero-order valence-corrected chi connectivity index (χ0v) is 11.9. The first-order valence-electron chi connectivity index (χ1n) is 5.92. The van der Waals surface area contributed by atoms with Crippen LogP contribution in [0, 0.1) is 11.7 Å². The summed E-state index contributed by atoms with van der Waals surface area (Å²) in [4.78, 5) is 10.4. The topological polar surface area (TPSA) is 109 Å². The lowest BCUT2D eigenvalue weighted by molar-refractivity contribution is -0.137. The molecular formula is C12H17FN2O4S. The van der Waals surface area contributed by atoms with Crippen LogP contribution in [-0.2, 0) is 14.8 Å². The second-order valence-corrected chi connectivity index (χ2v) is 6.34. The number of carboxylic acids is 1. The van der Waals surface area contributed by atoms with Crippen LogP contribution in [0.3, 0.4) is 0 Å². The van der Waals surface area contributed by atoms with Gasteiger partial charge in [0.1, 0.15) is 5.82 Å². The van der Waals surface area contributed by atoms with Gasteiger partial charge < -0.3 is 10.4 Å². The predicted octanol–water partition coefficient (Wildman–Crippen LogP) is 1.38. The standard InChI is InChI=1S/C12H17FN2O4S/c1-7(2)11(6-12(16)17)15-10-4-3-8(5-9(10)13)20(14,18)19/h3-5,7,11,15H,6H2,1-2H3,(H,16,17)(H2,14,18,19). The summed E-state index contributed by atoms with van der Waals surface area (Å²) in [5.41, 5.74) is 0.0392. The Bertz CT molecular complexity index is 601. The Kier molecular flexibility index (Phi) is 5.07. The Balaban J connectivity index is 3.00. The number of nitrogens with two attached hydrogens (primary N) is 1. The summed E-state index contributed by atoms with van der Waals surface area (Å²) >= 11 is 0. The maximum absolute atomic E-state index is 13.8. The molecule has 0 spiro atoms. The molecule has 0 aliphatic heterocycles. The molecule has 0 saturated carbocycles. The van der Waals surface area contributed by atoms with E-state index in [0.29, 0.717) is 0 Å². The molecule has 112 valence electrons. The van der Waals surface area contributed by atoms with Gasteiger partial charge in [-0.25, -0.2) is 17.9 Å². The highest BCUT2D eigenvalue weighted by Gasteiger charge is 2.19. The second kappa shape index (κ2) is 6.19. The number of nitrogens with one attached hydrogen (secondary N) is 1. The van der Waals surface area contributed by atoms with Gasteiger partial charge in [-0.05, 0) is 24.1 Å². The van der Waals surface area contributed by atoms with E-state index in [1.165, 1.54) is 12.1 Å². The van der Waals surface area contributed by atoms with E-state index in [4.69, 9.17) is 10.2 Å². The number of carbonyl (C=O) groups is 1. The van der Waals surface area contributed by atoms with Crippen LogP contribution in [0.1, 0.15) is 20.3 Å². The number of hydrogen-bond acceptors (Lipinski definition) is 4. The molecule has 1 atom stereocenters. The number of anilines is 1. The quantitative estimate of drug-likeness (QED) is 0.735. The van der Waals surface area contributed by atoms with E-state index in [1.807, 2.05) is 0 Å². The third kappa shape index (κ3) is 4.46. The lowest BCUT2D eigenvalue weighted by Crippen LogP contribution is -2.29. The van der Waals surface area contributed by atoms with Gasteiger partial charge in [0.2, 0.25) is 10.0 Å². The van der Waals surface area contributed by atoms with Crippen molar-refractivity contribution in [3.8, 4) is 0 Å². The number of benzene rings is 1. The van der Waals surface area contributed by atoms with Crippen molar-refractivity contribution in [3.63, 3.8) is 0 Å². The first-order chi connectivity index (χ1) is 9.11. The van der Waals surface area contributed by atoms with Crippen LogP contribution in [0.5, 0.6) is 0 Å². The van der Waals surface area contributed by atoms with Crippen LogP contribution in [-0.4, -0.2) is 25.5 Å².